The molecule has 0 bridgehead atoms. The lowest BCUT2D eigenvalue weighted by atomic mass is 10.1. The third-order valence-corrected chi connectivity index (χ3v) is 6.13. The SMILES string of the molecule is COc1ccc(CSc2nnc(C(Cc3ccccc3)NC(=O)c3ccco3)n2C)cc1. The van der Waals surface area contributed by atoms with E-state index in [1.165, 1.54) is 6.26 Å². The summed E-state index contributed by atoms with van der Waals surface area (Å²) in [5, 5.41) is 12.6. The van der Waals surface area contributed by atoms with E-state index in [0.717, 1.165) is 27.8 Å². The minimum absolute atomic E-state index is 0.263. The molecular weight excluding hydrogens is 424 g/mol. The van der Waals surface area contributed by atoms with Crippen molar-refractivity contribution in [2.24, 2.45) is 7.05 Å². The Labute approximate surface area is 190 Å². The number of nitrogens with one attached hydrogen (secondary N) is 1. The van der Waals surface area contributed by atoms with Crippen molar-refractivity contribution in [2.75, 3.05) is 7.11 Å². The highest BCUT2D eigenvalue weighted by molar-refractivity contribution is 7.98. The Kier molecular flexibility index (Phi) is 6.91. The second-order valence-corrected chi connectivity index (χ2v) is 8.17. The molecule has 1 unspecified atom stereocenters. The van der Waals surface area contributed by atoms with Gasteiger partial charge in [-0.15, -0.1) is 10.2 Å². The van der Waals surface area contributed by atoms with E-state index in [-0.39, 0.29) is 17.7 Å². The van der Waals surface area contributed by atoms with Crippen LogP contribution in [0.3, 0.4) is 0 Å². The molecule has 8 heteroatoms. The third-order valence-electron chi connectivity index (χ3n) is 5.04. The number of carbonyl (C=O) groups is 1. The first-order valence-electron chi connectivity index (χ1n) is 10.2. The zero-order valence-corrected chi connectivity index (χ0v) is 18.7. The summed E-state index contributed by atoms with van der Waals surface area (Å²) in [6.45, 7) is 0. The Morgan fingerprint density at radius 1 is 1.06 bits per heavy atom. The fourth-order valence-electron chi connectivity index (χ4n) is 3.32. The van der Waals surface area contributed by atoms with Crippen molar-refractivity contribution in [1.29, 1.82) is 0 Å². The first-order valence-corrected chi connectivity index (χ1v) is 11.2. The zero-order chi connectivity index (χ0) is 22.3. The molecule has 164 valence electrons. The number of thioether (sulfide) groups is 1. The third kappa shape index (κ3) is 5.20. The van der Waals surface area contributed by atoms with Gasteiger partial charge in [-0.3, -0.25) is 4.79 Å². The Morgan fingerprint density at radius 2 is 1.84 bits per heavy atom. The molecule has 0 fully saturated rings. The molecule has 1 atom stereocenters. The molecule has 0 saturated carbocycles. The Hall–Kier alpha value is -3.52. The molecule has 2 aromatic heterocycles. The number of ether oxygens (including phenoxy) is 1. The largest absolute Gasteiger partial charge is 0.497 e. The lowest BCUT2D eigenvalue weighted by Crippen LogP contribution is -2.31. The van der Waals surface area contributed by atoms with Gasteiger partial charge in [0.2, 0.25) is 0 Å². The van der Waals surface area contributed by atoms with Crippen LogP contribution in [0, 0.1) is 0 Å². The summed E-state index contributed by atoms with van der Waals surface area (Å²) in [5.74, 6) is 2.24. The number of furan rings is 1. The summed E-state index contributed by atoms with van der Waals surface area (Å²) in [7, 11) is 3.57. The predicted octanol–water partition coefficient (Wildman–Crippen LogP) is 4.42. The van der Waals surface area contributed by atoms with Crippen LogP contribution in [0.1, 0.15) is 33.5 Å². The molecular formula is C24H24N4O3S. The van der Waals surface area contributed by atoms with Crippen LogP contribution in [0.25, 0.3) is 0 Å². The predicted molar refractivity (Wildman–Crippen MR) is 123 cm³/mol. The van der Waals surface area contributed by atoms with E-state index in [1.54, 1.807) is 31.0 Å². The summed E-state index contributed by atoms with van der Waals surface area (Å²) in [6.07, 6.45) is 2.07. The van der Waals surface area contributed by atoms with E-state index in [0.29, 0.717) is 12.2 Å². The molecule has 7 nitrogen and oxygen atoms in total. The molecule has 0 aliphatic heterocycles. The zero-order valence-electron chi connectivity index (χ0n) is 17.9. The normalized spacial score (nSPS) is 11.8. The van der Waals surface area contributed by atoms with Crippen molar-refractivity contribution in [3.05, 3.63) is 95.7 Å². The van der Waals surface area contributed by atoms with Crippen LogP contribution in [0.2, 0.25) is 0 Å². The van der Waals surface area contributed by atoms with Crippen molar-refractivity contribution in [3.63, 3.8) is 0 Å². The fourth-order valence-corrected chi connectivity index (χ4v) is 4.19. The van der Waals surface area contributed by atoms with E-state index in [1.807, 2.05) is 66.2 Å². The maximum Gasteiger partial charge on any atom is 0.287 e. The second kappa shape index (κ2) is 10.2. The lowest BCUT2D eigenvalue weighted by molar-refractivity contribution is 0.0906. The number of aromatic nitrogens is 3. The van der Waals surface area contributed by atoms with Crippen molar-refractivity contribution in [2.45, 2.75) is 23.4 Å². The van der Waals surface area contributed by atoms with Gasteiger partial charge in [-0.2, -0.15) is 0 Å². The Morgan fingerprint density at radius 3 is 2.53 bits per heavy atom. The highest BCUT2D eigenvalue weighted by Crippen LogP contribution is 2.25. The van der Waals surface area contributed by atoms with Gasteiger partial charge < -0.3 is 19.0 Å². The van der Waals surface area contributed by atoms with E-state index < -0.39 is 0 Å². The van der Waals surface area contributed by atoms with Crippen LogP contribution in [0.5, 0.6) is 5.75 Å². The number of benzene rings is 2. The number of methoxy groups -OCH3 is 1. The second-order valence-electron chi connectivity index (χ2n) is 7.23. The summed E-state index contributed by atoms with van der Waals surface area (Å²) in [6, 6.07) is 20.9. The summed E-state index contributed by atoms with van der Waals surface area (Å²) in [4.78, 5) is 12.7. The van der Waals surface area contributed by atoms with Gasteiger partial charge in [0.1, 0.15) is 5.75 Å². The quantitative estimate of drug-likeness (QED) is 0.382. The molecule has 0 aliphatic carbocycles. The highest BCUT2D eigenvalue weighted by Gasteiger charge is 2.23. The lowest BCUT2D eigenvalue weighted by Gasteiger charge is -2.18. The van der Waals surface area contributed by atoms with Crippen LogP contribution < -0.4 is 10.1 Å². The van der Waals surface area contributed by atoms with Crippen LogP contribution in [0.4, 0.5) is 0 Å². The molecule has 1 amide bonds. The van der Waals surface area contributed by atoms with Crippen LogP contribution in [-0.4, -0.2) is 27.8 Å². The van der Waals surface area contributed by atoms with Crippen molar-refractivity contribution in [1.82, 2.24) is 20.1 Å². The number of hydrogen-bond acceptors (Lipinski definition) is 6. The van der Waals surface area contributed by atoms with Gasteiger partial charge in [-0.25, -0.2) is 0 Å². The molecule has 0 radical (unpaired) electrons. The number of rotatable bonds is 9. The molecule has 0 aliphatic rings. The number of carbonyl (C=O) groups excluding carboxylic acids is 1. The first-order chi connectivity index (χ1) is 15.6. The molecule has 0 spiro atoms. The van der Waals surface area contributed by atoms with Crippen molar-refractivity contribution >= 4 is 17.7 Å². The van der Waals surface area contributed by atoms with Gasteiger partial charge in [-0.1, -0.05) is 54.2 Å². The monoisotopic (exact) mass is 448 g/mol. The van der Waals surface area contributed by atoms with E-state index in [9.17, 15) is 4.79 Å². The summed E-state index contributed by atoms with van der Waals surface area (Å²) >= 11 is 1.59. The van der Waals surface area contributed by atoms with Crippen molar-refractivity contribution in [3.8, 4) is 5.75 Å². The number of amides is 1. The molecule has 4 aromatic rings. The maximum atomic E-state index is 12.7. The van der Waals surface area contributed by atoms with Crippen LogP contribution >= 0.6 is 11.8 Å². The topological polar surface area (TPSA) is 82.2 Å². The van der Waals surface area contributed by atoms with E-state index >= 15 is 0 Å². The van der Waals surface area contributed by atoms with E-state index in [2.05, 4.69) is 15.5 Å². The van der Waals surface area contributed by atoms with Gasteiger partial charge in [0.05, 0.1) is 19.4 Å². The maximum absolute atomic E-state index is 12.7. The van der Waals surface area contributed by atoms with Gasteiger partial charge >= 0.3 is 0 Å². The molecule has 32 heavy (non-hydrogen) atoms. The minimum atomic E-state index is -0.358. The molecule has 2 heterocycles. The average molecular weight is 449 g/mol. The Bertz CT molecular complexity index is 1140. The van der Waals surface area contributed by atoms with Crippen LogP contribution in [0.15, 0.2) is 82.6 Å². The number of nitrogens with zero attached hydrogens (tertiary/aromatic N) is 3. The smallest absolute Gasteiger partial charge is 0.287 e. The molecule has 4 rings (SSSR count). The first kappa shape index (κ1) is 21.7. The highest BCUT2D eigenvalue weighted by atomic mass is 32.2. The van der Waals surface area contributed by atoms with Crippen LogP contribution in [-0.2, 0) is 19.2 Å². The van der Waals surface area contributed by atoms with Gasteiger partial charge in [0, 0.05) is 12.8 Å². The molecule has 2 aromatic carbocycles. The summed E-state index contributed by atoms with van der Waals surface area (Å²) in [5.41, 5.74) is 2.25. The number of hydrogen-bond donors (Lipinski definition) is 1. The summed E-state index contributed by atoms with van der Waals surface area (Å²) < 4.78 is 12.4. The minimum Gasteiger partial charge on any atom is -0.497 e. The standard InChI is InChI=1S/C24H24N4O3S/c1-28-22(26-27-24(28)32-16-18-10-12-19(30-2)13-11-18)20(15-17-7-4-3-5-8-17)25-23(29)21-9-6-14-31-21/h3-14,20H,15-16H2,1-2H3,(H,25,29). The van der Waals surface area contributed by atoms with Gasteiger partial charge in [0.25, 0.3) is 5.91 Å². The van der Waals surface area contributed by atoms with Gasteiger partial charge in [-0.05, 0) is 41.8 Å². The fraction of sp³-hybridized carbons (Fsp3) is 0.208. The molecule has 1 N–H and O–H groups in total. The van der Waals surface area contributed by atoms with E-state index in [4.69, 9.17) is 9.15 Å². The average Bonchev–Trinajstić information content (AvgIpc) is 3.49. The molecule has 0 saturated heterocycles. The van der Waals surface area contributed by atoms with Crippen molar-refractivity contribution < 1.29 is 13.9 Å². The Balaban J connectivity index is 1.52. The van der Waals surface area contributed by atoms with Gasteiger partial charge in [0.15, 0.2) is 16.7 Å².